The molecule has 1 amide bonds. The zero-order valence-electron chi connectivity index (χ0n) is 14.7. The predicted molar refractivity (Wildman–Crippen MR) is 99.5 cm³/mol. The lowest BCUT2D eigenvalue weighted by molar-refractivity contribution is -0.152. The lowest BCUT2D eigenvalue weighted by atomic mass is 9.80. The lowest BCUT2D eigenvalue weighted by Crippen LogP contribution is -2.29. The van der Waals surface area contributed by atoms with Gasteiger partial charge in [0.05, 0.1) is 16.6 Å². The van der Waals surface area contributed by atoms with E-state index in [9.17, 15) is 9.59 Å². The lowest BCUT2D eigenvalue weighted by Gasteiger charge is -2.31. The summed E-state index contributed by atoms with van der Waals surface area (Å²) >= 11 is 1.43. The van der Waals surface area contributed by atoms with Crippen molar-refractivity contribution in [1.29, 1.82) is 0 Å². The number of rotatable bonds is 5. The van der Waals surface area contributed by atoms with E-state index < -0.39 is 0 Å². The average Bonchev–Trinajstić information content (AvgIpc) is 2.98. The predicted octanol–water partition coefficient (Wildman–Crippen LogP) is 4.38. The summed E-state index contributed by atoms with van der Waals surface area (Å²) in [6.07, 6.45) is 3.17. The van der Waals surface area contributed by atoms with E-state index in [1.807, 2.05) is 24.3 Å². The van der Waals surface area contributed by atoms with Crippen molar-refractivity contribution in [3.05, 3.63) is 24.3 Å². The van der Waals surface area contributed by atoms with Crippen LogP contribution < -0.4 is 5.32 Å². The quantitative estimate of drug-likeness (QED) is 0.803. The van der Waals surface area contributed by atoms with E-state index in [0.29, 0.717) is 17.0 Å². The van der Waals surface area contributed by atoms with Crippen molar-refractivity contribution in [2.75, 3.05) is 5.32 Å². The standard InChI is InChI=1S/C19H24N2O3S/c1-12-7-8-14(11-13(12)2)24-18(23)10-9-17(22)21-19-20-15-5-3-4-6-16(15)25-19/h3-6,12-14H,7-11H2,1-2H3,(H,20,21,22)/t12-,13-,14-/m1/s1. The maximum Gasteiger partial charge on any atom is 0.306 e. The molecule has 0 bridgehead atoms. The van der Waals surface area contributed by atoms with Gasteiger partial charge in [0.15, 0.2) is 5.13 Å². The molecule has 1 aromatic carbocycles. The number of anilines is 1. The summed E-state index contributed by atoms with van der Waals surface area (Å²) in [4.78, 5) is 28.4. The Labute approximate surface area is 151 Å². The van der Waals surface area contributed by atoms with E-state index in [-0.39, 0.29) is 30.8 Å². The van der Waals surface area contributed by atoms with Crippen molar-refractivity contribution in [1.82, 2.24) is 4.98 Å². The highest BCUT2D eigenvalue weighted by molar-refractivity contribution is 7.22. The molecule has 0 unspecified atom stereocenters. The van der Waals surface area contributed by atoms with E-state index in [1.165, 1.54) is 11.3 Å². The molecular formula is C19H24N2O3S. The number of thiazole rings is 1. The van der Waals surface area contributed by atoms with Gasteiger partial charge in [0.2, 0.25) is 5.91 Å². The Bertz CT molecular complexity index is 725. The third kappa shape index (κ3) is 4.78. The highest BCUT2D eigenvalue weighted by Gasteiger charge is 2.27. The maximum atomic E-state index is 12.0. The number of carbonyl (C=O) groups is 2. The van der Waals surface area contributed by atoms with Crippen LogP contribution in [0.3, 0.4) is 0 Å². The Hall–Kier alpha value is -1.95. The van der Waals surface area contributed by atoms with Gasteiger partial charge in [-0.1, -0.05) is 37.3 Å². The molecule has 1 heterocycles. The summed E-state index contributed by atoms with van der Waals surface area (Å²) in [6.45, 7) is 4.45. The molecule has 25 heavy (non-hydrogen) atoms. The van der Waals surface area contributed by atoms with Crippen LogP contribution in [-0.4, -0.2) is 23.0 Å². The van der Waals surface area contributed by atoms with Crippen LogP contribution in [0.15, 0.2) is 24.3 Å². The van der Waals surface area contributed by atoms with Crippen LogP contribution in [0, 0.1) is 11.8 Å². The summed E-state index contributed by atoms with van der Waals surface area (Å²) in [5.74, 6) is 0.774. The van der Waals surface area contributed by atoms with Crippen LogP contribution in [0.4, 0.5) is 5.13 Å². The Morgan fingerprint density at radius 3 is 2.76 bits per heavy atom. The number of aromatic nitrogens is 1. The highest BCUT2D eigenvalue weighted by atomic mass is 32.1. The van der Waals surface area contributed by atoms with Crippen molar-refractivity contribution < 1.29 is 14.3 Å². The van der Waals surface area contributed by atoms with Crippen LogP contribution in [0.5, 0.6) is 0 Å². The Morgan fingerprint density at radius 2 is 2.00 bits per heavy atom. The Balaban J connectivity index is 1.43. The summed E-state index contributed by atoms with van der Waals surface area (Å²) in [5, 5.41) is 3.33. The second-order valence-electron chi connectivity index (χ2n) is 6.91. The van der Waals surface area contributed by atoms with Gasteiger partial charge in [-0.15, -0.1) is 0 Å². The van der Waals surface area contributed by atoms with E-state index >= 15 is 0 Å². The minimum Gasteiger partial charge on any atom is -0.462 e. The van der Waals surface area contributed by atoms with Crippen LogP contribution in [0.25, 0.3) is 10.2 Å². The number of hydrogen-bond donors (Lipinski definition) is 1. The molecule has 3 atom stereocenters. The highest BCUT2D eigenvalue weighted by Crippen LogP contribution is 2.31. The van der Waals surface area contributed by atoms with Gasteiger partial charge in [-0.05, 0) is 43.2 Å². The third-order valence-corrected chi connectivity index (χ3v) is 5.90. The first kappa shape index (κ1) is 17.9. The second-order valence-corrected chi connectivity index (χ2v) is 7.95. The maximum absolute atomic E-state index is 12.0. The molecule has 0 aliphatic heterocycles. The van der Waals surface area contributed by atoms with Crippen molar-refractivity contribution in [2.24, 2.45) is 11.8 Å². The molecular weight excluding hydrogens is 336 g/mol. The van der Waals surface area contributed by atoms with E-state index in [0.717, 1.165) is 29.5 Å². The topological polar surface area (TPSA) is 68.3 Å². The summed E-state index contributed by atoms with van der Waals surface area (Å²) in [5.41, 5.74) is 0.864. The average molecular weight is 360 g/mol. The van der Waals surface area contributed by atoms with Gasteiger partial charge < -0.3 is 10.1 Å². The zero-order chi connectivity index (χ0) is 17.8. The van der Waals surface area contributed by atoms with Gasteiger partial charge >= 0.3 is 5.97 Å². The third-order valence-electron chi connectivity index (χ3n) is 4.94. The monoisotopic (exact) mass is 360 g/mol. The van der Waals surface area contributed by atoms with Crippen LogP contribution >= 0.6 is 11.3 Å². The number of fused-ring (bicyclic) bond motifs is 1. The molecule has 0 saturated heterocycles. The number of hydrogen-bond acceptors (Lipinski definition) is 5. The fourth-order valence-electron chi connectivity index (χ4n) is 3.17. The van der Waals surface area contributed by atoms with Gasteiger partial charge in [0.25, 0.3) is 0 Å². The molecule has 0 radical (unpaired) electrons. The van der Waals surface area contributed by atoms with Crippen molar-refractivity contribution in [3.8, 4) is 0 Å². The zero-order valence-corrected chi connectivity index (χ0v) is 15.5. The summed E-state index contributed by atoms with van der Waals surface area (Å²) in [7, 11) is 0. The SMILES string of the molecule is C[C@@H]1CC[C@@H](OC(=O)CCC(=O)Nc2nc3ccccc3s2)C[C@H]1C. The number of nitrogens with zero attached hydrogens (tertiary/aromatic N) is 1. The first-order valence-corrected chi connectivity index (χ1v) is 9.68. The number of amides is 1. The van der Waals surface area contributed by atoms with Crippen LogP contribution in [0.2, 0.25) is 0 Å². The van der Waals surface area contributed by atoms with Gasteiger partial charge in [-0.25, -0.2) is 4.98 Å². The Morgan fingerprint density at radius 1 is 1.20 bits per heavy atom. The number of carbonyl (C=O) groups excluding carboxylic acids is 2. The number of nitrogens with one attached hydrogen (secondary N) is 1. The van der Waals surface area contributed by atoms with Crippen molar-refractivity contribution >= 4 is 38.6 Å². The summed E-state index contributed by atoms with van der Waals surface area (Å²) < 4.78 is 6.55. The number of esters is 1. The summed E-state index contributed by atoms with van der Waals surface area (Å²) in [6, 6.07) is 7.72. The molecule has 134 valence electrons. The van der Waals surface area contributed by atoms with Crippen LogP contribution in [0.1, 0.15) is 46.0 Å². The van der Waals surface area contributed by atoms with Crippen LogP contribution in [-0.2, 0) is 14.3 Å². The molecule has 1 fully saturated rings. The van der Waals surface area contributed by atoms with E-state index in [4.69, 9.17) is 4.74 Å². The smallest absolute Gasteiger partial charge is 0.306 e. The number of benzene rings is 1. The number of ether oxygens (including phenoxy) is 1. The van der Waals surface area contributed by atoms with Crippen molar-refractivity contribution in [3.63, 3.8) is 0 Å². The first-order valence-electron chi connectivity index (χ1n) is 8.86. The molecule has 1 aliphatic rings. The normalized spacial score (nSPS) is 23.4. The van der Waals surface area contributed by atoms with Gasteiger partial charge in [0, 0.05) is 6.42 Å². The fourth-order valence-corrected chi connectivity index (χ4v) is 4.06. The van der Waals surface area contributed by atoms with E-state index in [1.54, 1.807) is 0 Å². The second kappa shape index (κ2) is 7.95. The first-order chi connectivity index (χ1) is 12.0. The molecule has 1 aliphatic carbocycles. The molecule has 5 nitrogen and oxygen atoms in total. The van der Waals surface area contributed by atoms with Gasteiger partial charge in [-0.3, -0.25) is 9.59 Å². The molecule has 1 aromatic heterocycles. The molecule has 1 N–H and O–H groups in total. The van der Waals surface area contributed by atoms with Gasteiger partial charge in [0.1, 0.15) is 6.10 Å². The molecule has 1 saturated carbocycles. The van der Waals surface area contributed by atoms with Crippen molar-refractivity contribution in [2.45, 2.75) is 52.1 Å². The number of para-hydroxylation sites is 1. The molecule has 3 rings (SSSR count). The van der Waals surface area contributed by atoms with Gasteiger partial charge in [-0.2, -0.15) is 0 Å². The fraction of sp³-hybridized carbons (Fsp3) is 0.526. The van der Waals surface area contributed by atoms with E-state index in [2.05, 4.69) is 24.1 Å². The minimum absolute atomic E-state index is 0.00558. The largest absolute Gasteiger partial charge is 0.462 e. The molecule has 6 heteroatoms. The molecule has 0 spiro atoms. The minimum atomic E-state index is -0.286. The molecule has 2 aromatic rings. The Kier molecular flexibility index (Phi) is 5.68.